The minimum absolute atomic E-state index is 0.0865. The molecular formula is C8H6Cl2O3. The van der Waals surface area contributed by atoms with E-state index in [4.69, 9.17) is 27.6 Å². The summed E-state index contributed by atoms with van der Waals surface area (Å²) in [6, 6.07) is 2.81. The van der Waals surface area contributed by atoms with Crippen LogP contribution in [0.2, 0.25) is 0 Å². The lowest BCUT2D eigenvalue weighted by Gasteiger charge is -1.90. The highest BCUT2D eigenvalue weighted by atomic mass is 35.5. The van der Waals surface area contributed by atoms with E-state index in [-0.39, 0.29) is 34.8 Å². The Morgan fingerprint density at radius 3 is 1.77 bits per heavy atom. The molecule has 0 amide bonds. The van der Waals surface area contributed by atoms with Gasteiger partial charge in [0.25, 0.3) is 0 Å². The number of ketones is 2. The van der Waals surface area contributed by atoms with Crippen molar-refractivity contribution in [2.75, 3.05) is 11.8 Å². The molecule has 1 heterocycles. The van der Waals surface area contributed by atoms with Gasteiger partial charge in [-0.2, -0.15) is 0 Å². The van der Waals surface area contributed by atoms with E-state index in [1.54, 1.807) is 0 Å². The van der Waals surface area contributed by atoms with Gasteiger partial charge >= 0.3 is 0 Å². The Balaban J connectivity index is 2.86. The fraction of sp³-hybridized carbons (Fsp3) is 0.250. The predicted molar refractivity (Wildman–Crippen MR) is 48.8 cm³/mol. The van der Waals surface area contributed by atoms with Crippen LogP contribution in [0, 0.1) is 0 Å². The van der Waals surface area contributed by atoms with E-state index in [1.165, 1.54) is 12.1 Å². The predicted octanol–water partition coefficient (Wildman–Crippen LogP) is 2.12. The molecule has 0 aliphatic rings. The lowest BCUT2D eigenvalue weighted by Crippen LogP contribution is -1.99. The summed E-state index contributed by atoms with van der Waals surface area (Å²) in [4.78, 5) is 21.9. The highest BCUT2D eigenvalue weighted by Crippen LogP contribution is 2.10. The second kappa shape index (κ2) is 4.44. The molecule has 0 saturated carbocycles. The van der Waals surface area contributed by atoms with Gasteiger partial charge < -0.3 is 4.42 Å². The molecule has 0 fully saturated rings. The number of hydrogen-bond acceptors (Lipinski definition) is 3. The van der Waals surface area contributed by atoms with Crippen molar-refractivity contribution in [2.24, 2.45) is 0 Å². The molecule has 0 aliphatic carbocycles. The smallest absolute Gasteiger partial charge is 0.212 e. The van der Waals surface area contributed by atoms with Crippen LogP contribution in [0.5, 0.6) is 0 Å². The summed E-state index contributed by atoms with van der Waals surface area (Å²) < 4.78 is 4.92. The minimum atomic E-state index is -0.352. The van der Waals surface area contributed by atoms with Crippen LogP contribution in [0.4, 0.5) is 0 Å². The van der Waals surface area contributed by atoms with E-state index in [1.807, 2.05) is 0 Å². The Morgan fingerprint density at radius 2 is 1.46 bits per heavy atom. The molecule has 1 rings (SSSR count). The molecule has 13 heavy (non-hydrogen) atoms. The Hall–Kier alpha value is -0.800. The average molecular weight is 221 g/mol. The van der Waals surface area contributed by atoms with Crippen LogP contribution in [-0.4, -0.2) is 23.3 Å². The molecule has 3 nitrogen and oxygen atoms in total. The average Bonchev–Trinajstić information content (AvgIpc) is 2.64. The van der Waals surface area contributed by atoms with Crippen molar-refractivity contribution < 1.29 is 14.0 Å². The quantitative estimate of drug-likeness (QED) is 0.577. The fourth-order valence-electron chi connectivity index (χ4n) is 0.769. The van der Waals surface area contributed by atoms with E-state index in [2.05, 4.69) is 0 Å². The van der Waals surface area contributed by atoms with Gasteiger partial charge in [0.2, 0.25) is 11.6 Å². The van der Waals surface area contributed by atoms with E-state index in [9.17, 15) is 9.59 Å². The zero-order valence-corrected chi connectivity index (χ0v) is 8.06. The summed E-state index contributed by atoms with van der Waals surface area (Å²) in [7, 11) is 0. The molecule has 1 aromatic rings. The monoisotopic (exact) mass is 220 g/mol. The fourth-order valence-corrected chi connectivity index (χ4v) is 1.03. The van der Waals surface area contributed by atoms with E-state index in [0.29, 0.717) is 0 Å². The summed E-state index contributed by atoms with van der Waals surface area (Å²) in [6.07, 6.45) is 0. The van der Waals surface area contributed by atoms with Crippen molar-refractivity contribution in [3.63, 3.8) is 0 Å². The minimum Gasteiger partial charge on any atom is -0.450 e. The molecular weight excluding hydrogens is 215 g/mol. The van der Waals surface area contributed by atoms with Gasteiger partial charge in [-0.1, -0.05) is 0 Å². The van der Waals surface area contributed by atoms with Gasteiger partial charge in [-0.25, -0.2) is 0 Å². The normalized spacial score (nSPS) is 10.0. The van der Waals surface area contributed by atoms with Crippen molar-refractivity contribution in [3.8, 4) is 0 Å². The SMILES string of the molecule is O=C(CCl)c1ccc(C(=O)CCl)o1. The number of carbonyl (C=O) groups is 2. The Kier molecular flexibility index (Phi) is 3.51. The molecule has 0 spiro atoms. The van der Waals surface area contributed by atoms with Crippen LogP contribution < -0.4 is 0 Å². The molecule has 0 aliphatic heterocycles. The second-order valence-corrected chi connectivity index (χ2v) is 2.81. The number of carbonyl (C=O) groups excluding carboxylic acids is 2. The first-order chi connectivity index (χ1) is 6.19. The first-order valence-electron chi connectivity index (χ1n) is 3.47. The van der Waals surface area contributed by atoms with Gasteiger partial charge in [0, 0.05) is 0 Å². The summed E-state index contributed by atoms with van der Waals surface area (Å²) in [5, 5.41) is 0. The molecule has 0 atom stereocenters. The van der Waals surface area contributed by atoms with Gasteiger partial charge in [0.1, 0.15) is 0 Å². The Morgan fingerprint density at radius 1 is 1.08 bits per heavy atom. The van der Waals surface area contributed by atoms with Crippen LogP contribution in [0.1, 0.15) is 21.1 Å². The zero-order chi connectivity index (χ0) is 9.84. The number of halogens is 2. The highest BCUT2D eigenvalue weighted by molar-refractivity contribution is 6.31. The van der Waals surface area contributed by atoms with Crippen molar-refractivity contribution >= 4 is 34.8 Å². The third kappa shape index (κ3) is 2.32. The van der Waals surface area contributed by atoms with Crippen LogP contribution in [0.15, 0.2) is 16.5 Å². The Bertz CT molecular complexity index is 299. The van der Waals surface area contributed by atoms with Crippen molar-refractivity contribution in [2.45, 2.75) is 0 Å². The number of alkyl halides is 2. The van der Waals surface area contributed by atoms with Crippen LogP contribution in [0.3, 0.4) is 0 Å². The topological polar surface area (TPSA) is 47.3 Å². The number of Topliss-reactive ketones (excluding diaryl/α,β-unsaturated/α-hetero) is 2. The molecule has 0 N–H and O–H groups in total. The molecule has 0 aromatic carbocycles. The first kappa shape index (κ1) is 10.3. The van der Waals surface area contributed by atoms with Crippen molar-refractivity contribution in [1.29, 1.82) is 0 Å². The molecule has 1 aromatic heterocycles. The molecule has 5 heteroatoms. The van der Waals surface area contributed by atoms with Gasteiger partial charge in [-0.3, -0.25) is 9.59 Å². The third-order valence-corrected chi connectivity index (χ3v) is 1.88. The molecule has 0 unspecified atom stereocenters. The van der Waals surface area contributed by atoms with Crippen LogP contribution >= 0.6 is 23.2 Å². The number of rotatable bonds is 4. The maximum absolute atomic E-state index is 11.0. The maximum Gasteiger partial charge on any atom is 0.212 e. The largest absolute Gasteiger partial charge is 0.450 e. The molecule has 0 radical (unpaired) electrons. The van der Waals surface area contributed by atoms with Crippen LogP contribution in [0.25, 0.3) is 0 Å². The maximum atomic E-state index is 11.0. The van der Waals surface area contributed by atoms with E-state index in [0.717, 1.165) is 0 Å². The van der Waals surface area contributed by atoms with Gasteiger partial charge in [-0.15, -0.1) is 23.2 Å². The summed E-state index contributed by atoms with van der Waals surface area (Å²) in [5.74, 6) is -0.859. The van der Waals surface area contributed by atoms with Crippen molar-refractivity contribution in [3.05, 3.63) is 23.7 Å². The summed E-state index contributed by atoms with van der Waals surface area (Å²) >= 11 is 10.6. The Labute approximate surface area is 84.6 Å². The summed E-state index contributed by atoms with van der Waals surface area (Å²) in [6.45, 7) is 0. The first-order valence-corrected chi connectivity index (χ1v) is 4.54. The number of hydrogen-bond donors (Lipinski definition) is 0. The van der Waals surface area contributed by atoms with Gasteiger partial charge in [0.15, 0.2) is 11.5 Å². The summed E-state index contributed by atoms with van der Waals surface area (Å²) in [5.41, 5.74) is 0. The van der Waals surface area contributed by atoms with Gasteiger partial charge in [0.05, 0.1) is 11.8 Å². The lowest BCUT2D eigenvalue weighted by molar-refractivity contribution is 0.0968. The van der Waals surface area contributed by atoms with Crippen molar-refractivity contribution in [1.82, 2.24) is 0 Å². The van der Waals surface area contributed by atoms with Crippen LogP contribution in [-0.2, 0) is 0 Å². The number of furan rings is 1. The van der Waals surface area contributed by atoms with E-state index >= 15 is 0 Å². The third-order valence-electron chi connectivity index (χ3n) is 1.40. The second-order valence-electron chi connectivity index (χ2n) is 2.28. The molecule has 70 valence electrons. The van der Waals surface area contributed by atoms with Gasteiger partial charge in [-0.05, 0) is 12.1 Å². The lowest BCUT2D eigenvalue weighted by atomic mass is 10.3. The molecule has 0 bridgehead atoms. The molecule has 0 saturated heterocycles. The zero-order valence-electron chi connectivity index (χ0n) is 6.55. The van der Waals surface area contributed by atoms with E-state index < -0.39 is 0 Å². The standard InChI is InChI=1S/C8H6Cl2O3/c9-3-5(11)7-1-2-8(13-7)6(12)4-10/h1-2H,3-4H2. The highest BCUT2D eigenvalue weighted by Gasteiger charge is 2.13.